The van der Waals surface area contributed by atoms with Gasteiger partial charge in [-0.2, -0.15) is 5.10 Å². The number of piperidine rings is 1. The molecule has 1 amide bonds. The number of nitrogens with one attached hydrogen (secondary N) is 1. The second-order valence-electron chi connectivity index (χ2n) is 7.98. The largest absolute Gasteiger partial charge is 0.492 e. The van der Waals surface area contributed by atoms with Crippen LogP contribution in [0.2, 0.25) is 0 Å². The van der Waals surface area contributed by atoms with Gasteiger partial charge < -0.3 is 15.0 Å². The Morgan fingerprint density at radius 1 is 1.10 bits per heavy atom. The Kier molecular flexibility index (Phi) is 6.21. The van der Waals surface area contributed by atoms with Crippen molar-refractivity contribution < 1.29 is 9.53 Å². The molecule has 2 aromatic carbocycles. The maximum atomic E-state index is 13.1. The van der Waals surface area contributed by atoms with Gasteiger partial charge >= 0.3 is 0 Å². The van der Waals surface area contributed by atoms with Gasteiger partial charge in [-0.3, -0.25) is 9.59 Å². The van der Waals surface area contributed by atoms with E-state index in [1.165, 1.54) is 4.68 Å². The van der Waals surface area contributed by atoms with E-state index in [1.54, 1.807) is 18.2 Å². The van der Waals surface area contributed by atoms with Crippen LogP contribution in [0.25, 0.3) is 10.8 Å². The van der Waals surface area contributed by atoms with Crippen molar-refractivity contribution in [3.8, 4) is 5.75 Å². The third-order valence-electron chi connectivity index (χ3n) is 5.69. The molecule has 0 spiro atoms. The highest BCUT2D eigenvalue weighted by Gasteiger charge is 2.21. The molecule has 7 heteroatoms. The summed E-state index contributed by atoms with van der Waals surface area (Å²) in [6, 6.07) is 14.7. The first-order chi connectivity index (χ1) is 15.1. The minimum absolute atomic E-state index is 0.165. The monoisotopic (exact) mass is 420 g/mol. The van der Waals surface area contributed by atoms with E-state index >= 15 is 0 Å². The zero-order valence-electron chi connectivity index (χ0n) is 18.0. The number of nitrogens with zero attached hydrogens (tertiary/aromatic N) is 3. The molecule has 0 saturated carbocycles. The van der Waals surface area contributed by atoms with Gasteiger partial charge in [0.15, 0.2) is 5.82 Å². The second-order valence-corrected chi connectivity index (χ2v) is 7.98. The minimum Gasteiger partial charge on any atom is -0.492 e. The van der Waals surface area contributed by atoms with Crippen molar-refractivity contribution in [3.63, 3.8) is 0 Å². The third-order valence-corrected chi connectivity index (χ3v) is 5.69. The lowest BCUT2D eigenvalue weighted by Gasteiger charge is -2.32. The van der Waals surface area contributed by atoms with Crippen LogP contribution in [0.5, 0.6) is 5.75 Å². The van der Waals surface area contributed by atoms with Gasteiger partial charge in [0.25, 0.3) is 5.56 Å². The van der Waals surface area contributed by atoms with Crippen LogP contribution >= 0.6 is 0 Å². The van der Waals surface area contributed by atoms with Gasteiger partial charge in [0.1, 0.15) is 12.3 Å². The molecule has 1 saturated heterocycles. The molecule has 2 heterocycles. The summed E-state index contributed by atoms with van der Waals surface area (Å²) in [5.41, 5.74) is 0.311. The molecular formula is C24H28N4O3. The van der Waals surface area contributed by atoms with Crippen LogP contribution < -0.4 is 20.5 Å². The fraction of sp³-hybridized carbons (Fsp3) is 0.375. The summed E-state index contributed by atoms with van der Waals surface area (Å²) in [6.45, 7) is 6.26. The Hall–Kier alpha value is -3.35. The summed E-state index contributed by atoms with van der Waals surface area (Å²) in [4.78, 5) is 28.1. The molecule has 1 aromatic heterocycles. The van der Waals surface area contributed by atoms with E-state index in [9.17, 15) is 9.59 Å². The van der Waals surface area contributed by atoms with Crippen molar-refractivity contribution in [3.05, 3.63) is 58.9 Å². The fourth-order valence-electron chi connectivity index (χ4n) is 3.96. The SMILES string of the molecule is CCOc1ccccc1NC(=O)Cn1nc(N2CCC(C)CC2)c2ccccc2c1=O. The lowest BCUT2D eigenvalue weighted by atomic mass is 9.99. The maximum Gasteiger partial charge on any atom is 0.275 e. The van der Waals surface area contributed by atoms with Crippen LogP contribution in [-0.2, 0) is 11.3 Å². The summed E-state index contributed by atoms with van der Waals surface area (Å²) >= 11 is 0. The Morgan fingerprint density at radius 2 is 1.77 bits per heavy atom. The van der Waals surface area contributed by atoms with E-state index in [0.717, 1.165) is 37.1 Å². The second kappa shape index (κ2) is 9.20. The van der Waals surface area contributed by atoms with Crippen LogP contribution in [0, 0.1) is 5.92 Å². The molecule has 3 aromatic rings. The van der Waals surface area contributed by atoms with Crippen molar-refractivity contribution in [2.75, 3.05) is 29.9 Å². The number of carbonyl (C=O) groups is 1. The van der Waals surface area contributed by atoms with Gasteiger partial charge in [-0.05, 0) is 43.9 Å². The normalized spacial score (nSPS) is 14.6. The van der Waals surface area contributed by atoms with E-state index in [1.807, 2.05) is 37.3 Å². The highest BCUT2D eigenvalue weighted by molar-refractivity contribution is 5.93. The Morgan fingerprint density at radius 3 is 2.52 bits per heavy atom. The van der Waals surface area contributed by atoms with Gasteiger partial charge in [0.05, 0.1) is 17.7 Å². The molecule has 1 aliphatic rings. The van der Waals surface area contributed by atoms with Gasteiger partial charge in [-0.1, -0.05) is 37.3 Å². The molecule has 0 aliphatic carbocycles. The molecule has 1 N–H and O–H groups in total. The van der Waals surface area contributed by atoms with E-state index < -0.39 is 0 Å². The number of anilines is 2. The standard InChI is InChI=1S/C24H28N4O3/c1-3-31-21-11-7-6-10-20(21)25-22(29)16-28-24(30)19-9-5-4-8-18(19)23(26-28)27-14-12-17(2)13-15-27/h4-11,17H,3,12-16H2,1-2H3,(H,25,29). The number of ether oxygens (including phenoxy) is 1. The Labute approximate surface area is 181 Å². The molecule has 162 valence electrons. The number of amides is 1. The lowest BCUT2D eigenvalue weighted by Crippen LogP contribution is -2.37. The molecule has 0 atom stereocenters. The molecule has 4 rings (SSSR count). The molecular weight excluding hydrogens is 392 g/mol. The van der Waals surface area contributed by atoms with Gasteiger partial charge in [0.2, 0.25) is 5.91 Å². The van der Waals surface area contributed by atoms with E-state index in [4.69, 9.17) is 4.74 Å². The minimum atomic E-state index is -0.324. The van der Waals surface area contributed by atoms with Crippen molar-refractivity contribution in [2.24, 2.45) is 5.92 Å². The number of fused-ring (bicyclic) bond motifs is 1. The molecule has 0 unspecified atom stereocenters. The van der Waals surface area contributed by atoms with E-state index in [2.05, 4.69) is 22.2 Å². The van der Waals surface area contributed by atoms with E-state index in [0.29, 0.717) is 29.3 Å². The number of para-hydroxylation sites is 2. The predicted octanol–water partition coefficient (Wildman–Crippen LogP) is 3.67. The molecule has 7 nitrogen and oxygen atoms in total. The maximum absolute atomic E-state index is 13.1. The zero-order valence-corrected chi connectivity index (χ0v) is 18.0. The van der Waals surface area contributed by atoms with Crippen molar-refractivity contribution >= 4 is 28.2 Å². The quantitative estimate of drug-likeness (QED) is 0.658. The summed E-state index contributed by atoms with van der Waals surface area (Å²) in [5, 5.41) is 8.89. The van der Waals surface area contributed by atoms with Crippen molar-refractivity contribution in [1.29, 1.82) is 0 Å². The van der Waals surface area contributed by atoms with Crippen LogP contribution in [-0.4, -0.2) is 35.4 Å². The average Bonchev–Trinajstić information content (AvgIpc) is 2.78. The fourth-order valence-corrected chi connectivity index (χ4v) is 3.96. The third kappa shape index (κ3) is 4.55. The summed E-state index contributed by atoms with van der Waals surface area (Å²) < 4.78 is 6.84. The molecule has 31 heavy (non-hydrogen) atoms. The van der Waals surface area contributed by atoms with Crippen molar-refractivity contribution in [1.82, 2.24) is 9.78 Å². The number of carbonyl (C=O) groups excluding carboxylic acids is 1. The lowest BCUT2D eigenvalue weighted by molar-refractivity contribution is -0.117. The molecule has 0 bridgehead atoms. The molecule has 0 radical (unpaired) electrons. The number of hydrogen-bond acceptors (Lipinski definition) is 5. The number of hydrogen-bond donors (Lipinski definition) is 1. The first-order valence-electron chi connectivity index (χ1n) is 10.8. The van der Waals surface area contributed by atoms with Crippen LogP contribution in [0.3, 0.4) is 0 Å². The molecule has 1 aliphatic heterocycles. The summed E-state index contributed by atoms with van der Waals surface area (Å²) in [7, 11) is 0. The van der Waals surface area contributed by atoms with Gasteiger partial charge in [0, 0.05) is 18.5 Å². The van der Waals surface area contributed by atoms with Crippen LogP contribution in [0.4, 0.5) is 11.5 Å². The van der Waals surface area contributed by atoms with Crippen LogP contribution in [0.1, 0.15) is 26.7 Å². The van der Waals surface area contributed by atoms with E-state index in [-0.39, 0.29) is 18.0 Å². The van der Waals surface area contributed by atoms with Gasteiger partial charge in [-0.15, -0.1) is 0 Å². The van der Waals surface area contributed by atoms with Crippen LogP contribution in [0.15, 0.2) is 53.3 Å². The highest BCUT2D eigenvalue weighted by Crippen LogP contribution is 2.27. The van der Waals surface area contributed by atoms with Gasteiger partial charge in [-0.25, -0.2) is 4.68 Å². The summed E-state index contributed by atoms with van der Waals surface area (Å²) in [5.74, 6) is 1.73. The van der Waals surface area contributed by atoms with Crippen molar-refractivity contribution in [2.45, 2.75) is 33.2 Å². The first kappa shape index (κ1) is 20.9. The average molecular weight is 421 g/mol. The zero-order chi connectivity index (χ0) is 21.8. The number of aromatic nitrogens is 2. The topological polar surface area (TPSA) is 76.5 Å². The predicted molar refractivity (Wildman–Crippen MR) is 123 cm³/mol. The summed E-state index contributed by atoms with van der Waals surface area (Å²) in [6.07, 6.45) is 2.17. The Bertz CT molecular complexity index is 1130. The first-order valence-corrected chi connectivity index (χ1v) is 10.8. The highest BCUT2D eigenvalue weighted by atomic mass is 16.5. The Balaban J connectivity index is 1.64. The number of rotatable bonds is 6. The smallest absolute Gasteiger partial charge is 0.275 e. The molecule has 1 fully saturated rings. The number of benzene rings is 2.